The highest BCUT2D eigenvalue weighted by molar-refractivity contribution is 5.87. The van der Waals surface area contributed by atoms with Crippen molar-refractivity contribution in [2.45, 2.75) is 84.5 Å². The summed E-state index contributed by atoms with van der Waals surface area (Å²) in [5.74, 6) is 4.28. The number of unbranched alkanes of at least 4 members (excludes halogenated alkanes) is 6. The van der Waals surface area contributed by atoms with Crippen molar-refractivity contribution in [2.24, 2.45) is 35.5 Å². The van der Waals surface area contributed by atoms with E-state index in [-0.39, 0.29) is 0 Å². The lowest BCUT2D eigenvalue weighted by Crippen LogP contribution is -2.22. The van der Waals surface area contributed by atoms with Crippen LogP contribution in [-0.4, -0.2) is 5.78 Å². The number of ketones is 1. The summed E-state index contributed by atoms with van der Waals surface area (Å²) >= 11 is 0. The first-order chi connectivity index (χ1) is 11.3. The molecule has 0 aliphatic heterocycles. The van der Waals surface area contributed by atoms with Crippen molar-refractivity contribution >= 4 is 5.78 Å². The van der Waals surface area contributed by atoms with Gasteiger partial charge in [-0.05, 0) is 42.9 Å². The Labute approximate surface area is 143 Å². The maximum absolute atomic E-state index is 13.1. The zero-order valence-electron chi connectivity index (χ0n) is 15.3. The van der Waals surface area contributed by atoms with Crippen molar-refractivity contribution in [1.82, 2.24) is 0 Å². The zero-order chi connectivity index (χ0) is 16.2. The summed E-state index contributed by atoms with van der Waals surface area (Å²) in [6.07, 6.45) is 19.2. The Bertz CT molecular complexity index is 424. The smallest absolute Gasteiger partial charge is 0.140 e. The summed E-state index contributed by atoms with van der Waals surface area (Å²) in [6, 6.07) is 0. The highest BCUT2D eigenvalue weighted by Gasteiger charge is 2.58. The van der Waals surface area contributed by atoms with E-state index in [1.165, 1.54) is 70.6 Å². The van der Waals surface area contributed by atoms with E-state index in [4.69, 9.17) is 0 Å². The molecule has 0 heterocycles. The van der Waals surface area contributed by atoms with Crippen LogP contribution in [0, 0.1) is 35.5 Å². The summed E-state index contributed by atoms with van der Waals surface area (Å²) in [5.41, 5.74) is 0. The summed E-state index contributed by atoms with van der Waals surface area (Å²) in [4.78, 5) is 13.1. The molecule has 0 N–H and O–H groups in total. The molecule has 3 aliphatic rings. The van der Waals surface area contributed by atoms with Gasteiger partial charge in [-0.2, -0.15) is 0 Å². The van der Waals surface area contributed by atoms with Crippen LogP contribution < -0.4 is 0 Å². The first kappa shape index (κ1) is 17.2. The van der Waals surface area contributed by atoms with Crippen LogP contribution in [-0.2, 0) is 4.79 Å². The average molecular weight is 317 g/mol. The number of Topliss-reactive ketones (excluding diaryl/α,β-unsaturated/α-hetero) is 1. The van der Waals surface area contributed by atoms with E-state index in [2.05, 4.69) is 26.0 Å². The molecule has 0 amide bonds. The molecule has 2 fully saturated rings. The number of fused-ring (bicyclic) bond motifs is 5. The molecule has 1 nitrogen and oxygen atoms in total. The molecule has 1 heteroatoms. The van der Waals surface area contributed by atoms with Crippen molar-refractivity contribution in [1.29, 1.82) is 0 Å². The third-order valence-electron chi connectivity index (χ3n) is 6.99. The fraction of sp³-hybridized carbons (Fsp3) is 0.864. The normalized spacial score (nSPS) is 37.7. The molecule has 3 rings (SSSR count). The molecule has 0 saturated heterocycles. The van der Waals surface area contributed by atoms with Gasteiger partial charge in [0.1, 0.15) is 5.78 Å². The average Bonchev–Trinajstić information content (AvgIpc) is 3.23. The molecule has 3 aliphatic carbocycles. The molecule has 2 saturated carbocycles. The van der Waals surface area contributed by atoms with E-state index in [0.29, 0.717) is 29.5 Å². The van der Waals surface area contributed by atoms with Crippen molar-refractivity contribution in [2.75, 3.05) is 0 Å². The second-order valence-corrected chi connectivity index (χ2v) is 8.42. The molecule has 0 aromatic rings. The number of hydrogen-bond acceptors (Lipinski definition) is 1. The Kier molecular flexibility index (Phi) is 5.99. The summed E-state index contributed by atoms with van der Waals surface area (Å²) in [6.45, 7) is 4.55. The first-order valence-corrected chi connectivity index (χ1v) is 10.5. The van der Waals surface area contributed by atoms with Gasteiger partial charge in [0, 0.05) is 11.8 Å². The second-order valence-electron chi connectivity index (χ2n) is 8.42. The quantitative estimate of drug-likeness (QED) is 0.347. The molecule has 23 heavy (non-hydrogen) atoms. The number of rotatable bonds is 10. The molecular formula is C22H36O. The predicted molar refractivity (Wildman–Crippen MR) is 97.2 cm³/mol. The monoisotopic (exact) mass is 316 g/mol. The van der Waals surface area contributed by atoms with Gasteiger partial charge in [-0.1, -0.05) is 77.4 Å². The van der Waals surface area contributed by atoms with Gasteiger partial charge in [0.05, 0.1) is 0 Å². The highest BCUT2D eigenvalue weighted by Crippen LogP contribution is 2.59. The van der Waals surface area contributed by atoms with E-state index in [9.17, 15) is 4.79 Å². The molecule has 0 spiro atoms. The van der Waals surface area contributed by atoms with Crippen LogP contribution in [0.25, 0.3) is 0 Å². The van der Waals surface area contributed by atoms with Crippen LogP contribution in [0.5, 0.6) is 0 Å². The minimum absolute atomic E-state index is 0.411. The lowest BCUT2D eigenvalue weighted by molar-refractivity contribution is -0.125. The van der Waals surface area contributed by atoms with Gasteiger partial charge in [-0.25, -0.2) is 0 Å². The summed E-state index contributed by atoms with van der Waals surface area (Å²) < 4.78 is 0. The van der Waals surface area contributed by atoms with Crippen LogP contribution in [0.3, 0.4) is 0 Å². The third kappa shape index (κ3) is 3.44. The van der Waals surface area contributed by atoms with Crippen LogP contribution in [0.2, 0.25) is 0 Å². The van der Waals surface area contributed by atoms with Crippen LogP contribution in [0.15, 0.2) is 12.2 Å². The van der Waals surface area contributed by atoms with E-state index in [0.717, 1.165) is 11.8 Å². The van der Waals surface area contributed by atoms with Gasteiger partial charge in [0.15, 0.2) is 0 Å². The van der Waals surface area contributed by atoms with Crippen LogP contribution >= 0.6 is 0 Å². The number of hydrogen-bond donors (Lipinski definition) is 0. The van der Waals surface area contributed by atoms with Gasteiger partial charge >= 0.3 is 0 Å². The van der Waals surface area contributed by atoms with Crippen LogP contribution in [0.4, 0.5) is 0 Å². The van der Waals surface area contributed by atoms with E-state index >= 15 is 0 Å². The molecule has 130 valence electrons. The Morgan fingerprint density at radius 2 is 1.52 bits per heavy atom. The van der Waals surface area contributed by atoms with Gasteiger partial charge in [-0.15, -0.1) is 0 Å². The van der Waals surface area contributed by atoms with Gasteiger partial charge < -0.3 is 0 Å². The fourth-order valence-electron chi connectivity index (χ4n) is 5.92. The van der Waals surface area contributed by atoms with Crippen molar-refractivity contribution in [3.63, 3.8) is 0 Å². The zero-order valence-corrected chi connectivity index (χ0v) is 15.3. The molecule has 2 bridgehead atoms. The Hall–Kier alpha value is -0.590. The largest absolute Gasteiger partial charge is 0.299 e. The van der Waals surface area contributed by atoms with Crippen molar-refractivity contribution < 1.29 is 4.79 Å². The maximum atomic E-state index is 13.1. The summed E-state index contributed by atoms with van der Waals surface area (Å²) in [5, 5.41) is 0. The van der Waals surface area contributed by atoms with E-state index in [1.807, 2.05) is 0 Å². The Morgan fingerprint density at radius 3 is 2.22 bits per heavy atom. The topological polar surface area (TPSA) is 17.1 Å². The maximum Gasteiger partial charge on any atom is 0.140 e. The molecule has 0 aromatic heterocycles. The second kappa shape index (κ2) is 7.99. The highest BCUT2D eigenvalue weighted by atomic mass is 16.1. The first-order valence-electron chi connectivity index (χ1n) is 10.5. The number of allylic oxidation sites excluding steroid dienone is 2. The number of carbonyl (C=O) groups excluding carboxylic acids is 1. The molecule has 0 aromatic carbocycles. The third-order valence-corrected chi connectivity index (χ3v) is 6.99. The number of carbonyl (C=O) groups is 1. The van der Waals surface area contributed by atoms with Crippen molar-refractivity contribution in [3.05, 3.63) is 12.2 Å². The lowest BCUT2D eigenvalue weighted by atomic mass is 9.76. The van der Waals surface area contributed by atoms with Gasteiger partial charge in [0.25, 0.3) is 0 Å². The summed E-state index contributed by atoms with van der Waals surface area (Å²) in [7, 11) is 0. The van der Waals surface area contributed by atoms with Crippen LogP contribution in [0.1, 0.15) is 84.5 Å². The lowest BCUT2D eigenvalue weighted by Gasteiger charge is -2.27. The SMILES string of the molecule is CCCCCC[C@@H]1C(=O)C2C([C@@H]3C=C[C@H]2C3)[C@H]1CCCCCC. The van der Waals surface area contributed by atoms with E-state index < -0.39 is 0 Å². The van der Waals surface area contributed by atoms with Gasteiger partial charge in [-0.3, -0.25) is 4.79 Å². The minimum atomic E-state index is 0.411. The minimum Gasteiger partial charge on any atom is -0.299 e. The van der Waals surface area contributed by atoms with Crippen molar-refractivity contribution in [3.8, 4) is 0 Å². The van der Waals surface area contributed by atoms with Gasteiger partial charge in [0.2, 0.25) is 0 Å². The fourth-order valence-corrected chi connectivity index (χ4v) is 5.92. The Balaban J connectivity index is 1.62. The molecule has 0 radical (unpaired) electrons. The Morgan fingerprint density at radius 1 is 0.870 bits per heavy atom. The predicted octanol–water partition coefficient (Wildman–Crippen LogP) is 6.18. The molecular weight excluding hydrogens is 280 g/mol. The molecule has 2 unspecified atom stereocenters. The standard InChI is InChI=1S/C22H36O/c1-3-5-7-9-11-18-19(12-10-8-6-4-2)22(23)21-17-14-13-16(15-17)20(18)21/h13-14,16-21H,3-12,15H2,1-2H3/t16-,17+,18+,19+,20?,21?/m1/s1. The molecule has 6 atom stereocenters. The van der Waals surface area contributed by atoms with E-state index in [1.54, 1.807) is 0 Å².